The van der Waals surface area contributed by atoms with Crippen molar-refractivity contribution in [3.05, 3.63) is 58.6 Å². The monoisotopic (exact) mass is 317 g/mol. The van der Waals surface area contributed by atoms with Crippen molar-refractivity contribution >= 4 is 29.4 Å². The molecule has 6 heteroatoms. The number of amides is 1. The van der Waals surface area contributed by atoms with Gasteiger partial charge >= 0.3 is 0 Å². The van der Waals surface area contributed by atoms with Crippen molar-refractivity contribution in [3.63, 3.8) is 0 Å². The molecule has 1 amide bonds. The van der Waals surface area contributed by atoms with E-state index in [2.05, 4.69) is 10.5 Å². The van der Waals surface area contributed by atoms with E-state index in [1.54, 1.807) is 36.4 Å². The zero-order chi connectivity index (χ0) is 16.1. The number of hydrazone groups is 1. The van der Waals surface area contributed by atoms with E-state index >= 15 is 0 Å². The second-order valence-corrected chi connectivity index (χ2v) is 5.23. The molecule has 22 heavy (non-hydrogen) atoms. The second kappa shape index (κ2) is 6.95. The summed E-state index contributed by atoms with van der Waals surface area (Å²) < 4.78 is 0. The van der Waals surface area contributed by atoms with E-state index in [4.69, 9.17) is 11.6 Å². The number of carbonyl (C=O) groups excluding carboxylic acids is 1. The van der Waals surface area contributed by atoms with Crippen LogP contribution in [-0.4, -0.2) is 31.3 Å². The molecule has 0 saturated heterocycles. The maximum Gasteiger partial charge on any atom is 0.271 e. The summed E-state index contributed by atoms with van der Waals surface area (Å²) in [7, 11) is 3.80. The first-order valence-corrected chi connectivity index (χ1v) is 6.95. The quantitative estimate of drug-likeness (QED) is 0.673. The van der Waals surface area contributed by atoms with E-state index in [9.17, 15) is 9.90 Å². The first-order chi connectivity index (χ1) is 10.5. The van der Waals surface area contributed by atoms with Crippen molar-refractivity contribution in [3.8, 4) is 5.75 Å². The standard InChI is InChI=1S/C16H16ClN3O2/c1-20(2)13-7-3-5-11(9-13)16(22)19-18-10-12-6-4-8-14(17)15(12)21/h3-10,21H,1-2H3,(H,19,22). The lowest BCUT2D eigenvalue weighted by Gasteiger charge is -2.12. The summed E-state index contributed by atoms with van der Waals surface area (Å²) in [6.07, 6.45) is 1.34. The van der Waals surface area contributed by atoms with Gasteiger partial charge in [-0.1, -0.05) is 23.7 Å². The highest BCUT2D eigenvalue weighted by Crippen LogP contribution is 2.25. The van der Waals surface area contributed by atoms with Gasteiger partial charge in [-0.3, -0.25) is 4.79 Å². The molecular formula is C16H16ClN3O2. The average molecular weight is 318 g/mol. The van der Waals surface area contributed by atoms with Crippen LogP contribution in [0.25, 0.3) is 0 Å². The SMILES string of the molecule is CN(C)c1cccc(C(=O)NN=Cc2cccc(Cl)c2O)c1. The van der Waals surface area contributed by atoms with Gasteiger partial charge in [-0.25, -0.2) is 5.43 Å². The van der Waals surface area contributed by atoms with Crippen molar-refractivity contribution in [1.82, 2.24) is 5.43 Å². The van der Waals surface area contributed by atoms with Gasteiger partial charge in [0, 0.05) is 30.9 Å². The number of halogens is 1. The lowest BCUT2D eigenvalue weighted by atomic mass is 10.2. The smallest absolute Gasteiger partial charge is 0.271 e. The van der Waals surface area contributed by atoms with E-state index in [1.807, 2.05) is 25.1 Å². The van der Waals surface area contributed by atoms with Crippen LogP contribution < -0.4 is 10.3 Å². The zero-order valence-corrected chi connectivity index (χ0v) is 13.0. The Hall–Kier alpha value is -2.53. The van der Waals surface area contributed by atoms with Gasteiger partial charge in [-0.2, -0.15) is 5.10 Å². The number of phenolic OH excluding ortho intramolecular Hbond substituents is 1. The number of benzene rings is 2. The van der Waals surface area contributed by atoms with Gasteiger partial charge < -0.3 is 10.0 Å². The first-order valence-electron chi connectivity index (χ1n) is 6.57. The molecule has 0 aliphatic rings. The Morgan fingerprint density at radius 2 is 2.00 bits per heavy atom. The predicted molar refractivity (Wildman–Crippen MR) is 88.9 cm³/mol. The van der Waals surface area contributed by atoms with Crippen LogP contribution in [0.5, 0.6) is 5.75 Å². The number of carbonyl (C=O) groups is 1. The molecule has 5 nitrogen and oxygen atoms in total. The summed E-state index contributed by atoms with van der Waals surface area (Å²) in [5.41, 5.74) is 4.26. The predicted octanol–water partition coefficient (Wildman–Crippen LogP) is 2.88. The molecule has 0 heterocycles. The Balaban J connectivity index is 2.08. The van der Waals surface area contributed by atoms with Gasteiger partial charge in [0.1, 0.15) is 5.75 Å². The third kappa shape index (κ3) is 3.77. The minimum absolute atomic E-state index is 0.0724. The van der Waals surface area contributed by atoms with E-state index in [0.717, 1.165) is 5.69 Å². The van der Waals surface area contributed by atoms with Gasteiger partial charge in [0.25, 0.3) is 5.91 Å². The average Bonchev–Trinajstić information content (AvgIpc) is 2.51. The molecule has 2 aromatic rings. The van der Waals surface area contributed by atoms with E-state index < -0.39 is 0 Å². The molecule has 0 aliphatic carbocycles. The van der Waals surface area contributed by atoms with Crippen molar-refractivity contribution in [2.75, 3.05) is 19.0 Å². The minimum Gasteiger partial charge on any atom is -0.506 e. The third-order valence-electron chi connectivity index (χ3n) is 3.01. The number of phenols is 1. The van der Waals surface area contributed by atoms with Gasteiger partial charge in [-0.15, -0.1) is 0 Å². The van der Waals surface area contributed by atoms with Crippen LogP contribution in [0.4, 0.5) is 5.69 Å². The van der Waals surface area contributed by atoms with Gasteiger partial charge in [-0.05, 0) is 30.3 Å². The molecule has 0 saturated carbocycles. The van der Waals surface area contributed by atoms with Crippen molar-refractivity contribution < 1.29 is 9.90 Å². The fourth-order valence-electron chi connectivity index (χ4n) is 1.79. The molecule has 2 rings (SSSR count). The van der Waals surface area contributed by atoms with Crippen molar-refractivity contribution in [2.24, 2.45) is 5.10 Å². The Morgan fingerprint density at radius 1 is 1.27 bits per heavy atom. The largest absolute Gasteiger partial charge is 0.506 e. The molecule has 0 radical (unpaired) electrons. The Bertz CT molecular complexity index is 714. The Kier molecular flexibility index (Phi) is 5.01. The van der Waals surface area contributed by atoms with E-state index in [1.165, 1.54) is 6.21 Å². The van der Waals surface area contributed by atoms with Crippen LogP contribution in [-0.2, 0) is 0 Å². The Labute approximate surface area is 133 Å². The third-order valence-corrected chi connectivity index (χ3v) is 3.32. The number of nitrogens with zero attached hydrogens (tertiary/aromatic N) is 2. The van der Waals surface area contributed by atoms with Crippen LogP contribution >= 0.6 is 11.6 Å². The highest BCUT2D eigenvalue weighted by molar-refractivity contribution is 6.32. The topological polar surface area (TPSA) is 64.9 Å². The highest BCUT2D eigenvalue weighted by atomic mass is 35.5. The summed E-state index contributed by atoms with van der Waals surface area (Å²) in [5.74, 6) is -0.404. The summed E-state index contributed by atoms with van der Waals surface area (Å²) in [6, 6.07) is 12.1. The first kappa shape index (κ1) is 15.9. The molecule has 0 atom stereocenters. The number of hydrogen-bond acceptors (Lipinski definition) is 4. The highest BCUT2D eigenvalue weighted by Gasteiger charge is 2.06. The normalized spacial score (nSPS) is 10.7. The van der Waals surface area contributed by atoms with E-state index in [0.29, 0.717) is 11.1 Å². The number of aromatic hydroxyl groups is 1. The molecule has 2 N–H and O–H groups in total. The number of nitrogens with one attached hydrogen (secondary N) is 1. The lowest BCUT2D eigenvalue weighted by Crippen LogP contribution is -2.18. The molecule has 114 valence electrons. The summed E-state index contributed by atoms with van der Waals surface area (Å²) in [6.45, 7) is 0. The molecule has 0 bridgehead atoms. The van der Waals surface area contributed by atoms with Crippen LogP contribution in [0.3, 0.4) is 0 Å². The summed E-state index contributed by atoms with van der Waals surface area (Å²) >= 11 is 5.79. The van der Waals surface area contributed by atoms with Gasteiger partial charge in [0.2, 0.25) is 0 Å². The fraction of sp³-hybridized carbons (Fsp3) is 0.125. The van der Waals surface area contributed by atoms with Gasteiger partial charge in [0.05, 0.1) is 11.2 Å². The lowest BCUT2D eigenvalue weighted by molar-refractivity contribution is 0.0955. The fourth-order valence-corrected chi connectivity index (χ4v) is 1.97. The molecule has 0 fully saturated rings. The van der Waals surface area contributed by atoms with Gasteiger partial charge in [0.15, 0.2) is 0 Å². The zero-order valence-electron chi connectivity index (χ0n) is 12.2. The number of hydrogen-bond donors (Lipinski definition) is 2. The molecule has 2 aromatic carbocycles. The second-order valence-electron chi connectivity index (χ2n) is 4.82. The van der Waals surface area contributed by atoms with Crippen LogP contribution in [0.2, 0.25) is 5.02 Å². The number of para-hydroxylation sites is 1. The maximum atomic E-state index is 12.0. The van der Waals surface area contributed by atoms with Crippen LogP contribution in [0, 0.1) is 0 Å². The maximum absolute atomic E-state index is 12.0. The Morgan fingerprint density at radius 3 is 2.73 bits per heavy atom. The molecular weight excluding hydrogens is 302 g/mol. The molecule has 0 unspecified atom stereocenters. The molecule has 0 spiro atoms. The number of anilines is 1. The van der Waals surface area contributed by atoms with Crippen LogP contribution in [0.1, 0.15) is 15.9 Å². The molecule has 0 aliphatic heterocycles. The van der Waals surface area contributed by atoms with Crippen molar-refractivity contribution in [2.45, 2.75) is 0 Å². The van der Waals surface area contributed by atoms with E-state index in [-0.39, 0.29) is 16.7 Å². The summed E-state index contributed by atoms with van der Waals surface area (Å²) in [5, 5.41) is 13.8. The summed E-state index contributed by atoms with van der Waals surface area (Å²) in [4.78, 5) is 13.9. The number of rotatable bonds is 4. The van der Waals surface area contributed by atoms with Crippen molar-refractivity contribution in [1.29, 1.82) is 0 Å². The minimum atomic E-state index is -0.332. The van der Waals surface area contributed by atoms with Crippen LogP contribution in [0.15, 0.2) is 47.6 Å². The molecule has 0 aromatic heterocycles.